The van der Waals surface area contributed by atoms with E-state index in [1.165, 1.54) is 0 Å². The van der Waals surface area contributed by atoms with Gasteiger partial charge in [-0.2, -0.15) is 0 Å². The fraction of sp³-hybridized carbons (Fsp3) is 0.769. The molecule has 5 heteroatoms. The monoisotopic (exact) mass is 257 g/mol. The first-order valence-corrected chi connectivity index (χ1v) is 6.33. The number of esters is 1. The van der Waals surface area contributed by atoms with Crippen molar-refractivity contribution in [2.24, 2.45) is 23.5 Å². The van der Waals surface area contributed by atoms with E-state index in [0.717, 1.165) is 0 Å². The first-order valence-electron chi connectivity index (χ1n) is 6.33. The quantitative estimate of drug-likeness (QED) is 0.524. The zero-order valence-corrected chi connectivity index (χ0v) is 11.6. The average Bonchev–Trinajstić information content (AvgIpc) is 2.26. The van der Waals surface area contributed by atoms with Gasteiger partial charge in [-0.25, -0.2) is 0 Å². The van der Waals surface area contributed by atoms with Crippen molar-refractivity contribution in [1.82, 2.24) is 0 Å². The van der Waals surface area contributed by atoms with Crippen LogP contribution in [0, 0.1) is 17.8 Å². The van der Waals surface area contributed by atoms with E-state index >= 15 is 0 Å². The molecule has 18 heavy (non-hydrogen) atoms. The summed E-state index contributed by atoms with van der Waals surface area (Å²) in [6.45, 7) is 7.42. The molecule has 0 aromatic rings. The number of carbonyl (C=O) groups excluding carboxylic acids is 3. The number of ether oxygens (including phenoxy) is 1. The van der Waals surface area contributed by atoms with Gasteiger partial charge in [-0.15, -0.1) is 0 Å². The molecule has 2 N–H and O–H groups in total. The summed E-state index contributed by atoms with van der Waals surface area (Å²) in [5.41, 5.74) is 5.16. The topological polar surface area (TPSA) is 86.5 Å². The molecule has 0 aliphatic carbocycles. The number of rotatable bonds is 8. The summed E-state index contributed by atoms with van der Waals surface area (Å²) < 4.78 is 4.93. The predicted octanol–water partition coefficient (Wildman–Crippen LogP) is 1.29. The van der Waals surface area contributed by atoms with Gasteiger partial charge in [0, 0.05) is 6.42 Å². The van der Waals surface area contributed by atoms with E-state index in [0.29, 0.717) is 6.42 Å². The Morgan fingerprint density at radius 3 is 2.06 bits per heavy atom. The van der Waals surface area contributed by atoms with Crippen molar-refractivity contribution in [3.05, 3.63) is 0 Å². The maximum absolute atomic E-state index is 11.9. The molecule has 0 heterocycles. The van der Waals surface area contributed by atoms with Gasteiger partial charge < -0.3 is 10.5 Å². The number of hydrogen-bond acceptors (Lipinski definition) is 4. The third-order valence-corrected chi connectivity index (χ3v) is 2.96. The van der Waals surface area contributed by atoms with Crippen molar-refractivity contribution in [3.8, 4) is 0 Å². The van der Waals surface area contributed by atoms with E-state index < -0.39 is 17.7 Å². The summed E-state index contributed by atoms with van der Waals surface area (Å²) in [6.07, 6.45) is 0.375. The third-order valence-electron chi connectivity index (χ3n) is 2.96. The summed E-state index contributed by atoms with van der Waals surface area (Å²) >= 11 is 0. The van der Waals surface area contributed by atoms with Crippen molar-refractivity contribution in [2.75, 3.05) is 6.61 Å². The molecule has 0 aliphatic heterocycles. The first-order chi connectivity index (χ1) is 8.34. The van der Waals surface area contributed by atoms with E-state index in [1.807, 2.05) is 13.8 Å². The Labute approximate surface area is 108 Å². The SMILES string of the molecule is CCOC(=O)C(CC(=O)C(CC)C(N)=O)C(C)C. The Kier molecular flexibility index (Phi) is 7.24. The van der Waals surface area contributed by atoms with Crippen LogP contribution in [0.25, 0.3) is 0 Å². The van der Waals surface area contributed by atoms with Crippen molar-refractivity contribution < 1.29 is 19.1 Å². The Morgan fingerprint density at radius 1 is 1.17 bits per heavy atom. The highest BCUT2D eigenvalue weighted by Crippen LogP contribution is 2.20. The molecule has 0 radical (unpaired) electrons. The number of amides is 1. The molecule has 104 valence electrons. The van der Waals surface area contributed by atoms with Crippen LogP contribution in [0.3, 0.4) is 0 Å². The summed E-state index contributed by atoms with van der Waals surface area (Å²) in [6, 6.07) is 0. The minimum atomic E-state index is -0.805. The lowest BCUT2D eigenvalue weighted by Gasteiger charge is -2.20. The van der Waals surface area contributed by atoms with Crippen LogP contribution < -0.4 is 5.73 Å². The largest absolute Gasteiger partial charge is 0.466 e. The van der Waals surface area contributed by atoms with E-state index in [1.54, 1.807) is 13.8 Å². The van der Waals surface area contributed by atoms with Gasteiger partial charge in [-0.1, -0.05) is 20.8 Å². The molecule has 0 rings (SSSR count). The maximum atomic E-state index is 11.9. The van der Waals surface area contributed by atoms with E-state index in [-0.39, 0.29) is 30.7 Å². The molecule has 0 spiro atoms. The van der Waals surface area contributed by atoms with Gasteiger partial charge in [-0.3, -0.25) is 14.4 Å². The molecule has 5 nitrogen and oxygen atoms in total. The van der Waals surface area contributed by atoms with Crippen LogP contribution in [0.1, 0.15) is 40.5 Å². The zero-order chi connectivity index (χ0) is 14.3. The number of nitrogens with two attached hydrogens (primary N) is 1. The zero-order valence-electron chi connectivity index (χ0n) is 11.6. The molecule has 2 atom stereocenters. The van der Waals surface area contributed by atoms with Crippen molar-refractivity contribution in [1.29, 1.82) is 0 Å². The lowest BCUT2D eigenvalue weighted by molar-refractivity contribution is -0.152. The second-order valence-corrected chi connectivity index (χ2v) is 4.64. The van der Waals surface area contributed by atoms with Gasteiger partial charge in [0.15, 0.2) is 0 Å². The summed E-state index contributed by atoms with van der Waals surface area (Å²) in [5.74, 6) is -2.63. The molecule has 0 aromatic carbocycles. The second kappa shape index (κ2) is 7.84. The Hall–Kier alpha value is -1.39. The van der Waals surface area contributed by atoms with Crippen LogP contribution in [0.15, 0.2) is 0 Å². The molecule has 0 saturated carbocycles. The Balaban J connectivity index is 4.73. The second-order valence-electron chi connectivity index (χ2n) is 4.64. The van der Waals surface area contributed by atoms with Crippen molar-refractivity contribution >= 4 is 17.7 Å². The Bertz CT molecular complexity index is 312. The smallest absolute Gasteiger partial charge is 0.309 e. The van der Waals surface area contributed by atoms with Crippen LogP contribution in [0.4, 0.5) is 0 Å². The normalized spacial score (nSPS) is 14.1. The maximum Gasteiger partial charge on any atom is 0.309 e. The predicted molar refractivity (Wildman–Crippen MR) is 67.6 cm³/mol. The number of hydrogen-bond donors (Lipinski definition) is 1. The van der Waals surface area contributed by atoms with Crippen molar-refractivity contribution in [2.45, 2.75) is 40.5 Å². The van der Waals surface area contributed by atoms with Crippen molar-refractivity contribution in [3.63, 3.8) is 0 Å². The standard InChI is InChI=1S/C13H23NO4/c1-5-9(12(14)16)11(15)7-10(8(3)4)13(17)18-6-2/h8-10H,5-7H2,1-4H3,(H2,14,16). The summed E-state index contributed by atoms with van der Waals surface area (Å²) in [5, 5.41) is 0. The lowest BCUT2D eigenvalue weighted by Crippen LogP contribution is -2.34. The summed E-state index contributed by atoms with van der Waals surface area (Å²) in [4.78, 5) is 34.7. The van der Waals surface area contributed by atoms with Gasteiger partial charge >= 0.3 is 5.97 Å². The molecule has 0 aliphatic rings. The van der Waals surface area contributed by atoms with Gasteiger partial charge in [0.05, 0.1) is 18.4 Å². The molecule has 0 aromatic heterocycles. The number of ketones is 1. The van der Waals surface area contributed by atoms with Crippen LogP contribution >= 0.6 is 0 Å². The third kappa shape index (κ3) is 4.85. The average molecular weight is 257 g/mol. The van der Waals surface area contributed by atoms with Gasteiger partial charge in [-0.05, 0) is 19.3 Å². The van der Waals surface area contributed by atoms with Gasteiger partial charge in [0.1, 0.15) is 5.78 Å². The highest BCUT2D eigenvalue weighted by Gasteiger charge is 2.31. The van der Waals surface area contributed by atoms with E-state index in [4.69, 9.17) is 10.5 Å². The summed E-state index contributed by atoms with van der Waals surface area (Å²) in [7, 11) is 0. The molecule has 0 saturated heterocycles. The fourth-order valence-corrected chi connectivity index (χ4v) is 1.79. The van der Waals surface area contributed by atoms with Crippen LogP contribution in [-0.4, -0.2) is 24.3 Å². The highest BCUT2D eigenvalue weighted by molar-refractivity contribution is 6.01. The Morgan fingerprint density at radius 2 is 1.72 bits per heavy atom. The minimum absolute atomic E-state index is 0.0119. The van der Waals surface area contributed by atoms with Crippen LogP contribution in [-0.2, 0) is 19.1 Å². The molecule has 1 amide bonds. The highest BCUT2D eigenvalue weighted by atomic mass is 16.5. The molecular weight excluding hydrogens is 234 g/mol. The number of carbonyl (C=O) groups is 3. The van der Waals surface area contributed by atoms with Crippen LogP contribution in [0.5, 0.6) is 0 Å². The van der Waals surface area contributed by atoms with E-state index in [2.05, 4.69) is 0 Å². The lowest BCUT2D eigenvalue weighted by atomic mass is 9.86. The van der Waals surface area contributed by atoms with Crippen LogP contribution in [0.2, 0.25) is 0 Å². The van der Waals surface area contributed by atoms with Gasteiger partial charge in [0.25, 0.3) is 0 Å². The molecule has 2 unspecified atom stereocenters. The fourth-order valence-electron chi connectivity index (χ4n) is 1.79. The first kappa shape index (κ1) is 16.6. The van der Waals surface area contributed by atoms with Gasteiger partial charge in [0.2, 0.25) is 5.91 Å². The molecule has 0 bridgehead atoms. The molecular formula is C13H23NO4. The number of primary amides is 1. The minimum Gasteiger partial charge on any atom is -0.466 e. The van der Waals surface area contributed by atoms with E-state index in [9.17, 15) is 14.4 Å². The number of Topliss-reactive ketones (excluding diaryl/α,β-unsaturated/α-hetero) is 1. The molecule has 0 fully saturated rings.